The Hall–Kier alpha value is -0.880. The summed E-state index contributed by atoms with van der Waals surface area (Å²) in [6, 6.07) is 0. The Kier molecular flexibility index (Phi) is 3.83. The number of piperidine rings is 1. The van der Waals surface area contributed by atoms with Crippen molar-refractivity contribution < 1.29 is 4.74 Å². The first-order valence-electron chi connectivity index (χ1n) is 5.67. The van der Waals surface area contributed by atoms with E-state index < -0.39 is 0 Å². The highest BCUT2D eigenvalue weighted by molar-refractivity contribution is 9.10. The van der Waals surface area contributed by atoms with Gasteiger partial charge in [-0.3, -0.25) is 0 Å². The standard InChI is InChI=1S/C11H17BrN4O/c1-7-3-4-16(5-8(7)17-2)11-9(12)10(13)14-6-15-11/h6-8H,3-5H2,1-2H3,(H2,13,14,15). The number of methoxy groups -OCH3 is 1. The first-order chi connectivity index (χ1) is 8.13. The van der Waals surface area contributed by atoms with Gasteiger partial charge in [-0.1, -0.05) is 6.92 Å². The van der Waals surface area contributed by atoms with Gasteiger partial charge >= 0.3 is 0 Å². The summed E-state index contributed by atoms with van der Waals surface area (Å²) in [4.78, 5) is 10.4. The number of halogens is 1. The lowest BCUT2D eigenvalue weighted by molar-refractivity contribution is 0.0496. The molecular formula is C11H17BrN4O. The SMILES string of the molecule is COC1CN(c2ncnc(N)c2Br)CCC1C. The third-order valence-electron chi connectivity index (χ3n) is 3.29. The summed E-state index contributed by atoms with van der Waals surface area (Å²) in [6.45, 7) is 4.03. The second-order valence-corrected chi connectivity index (χ2v) is 5.18. The van der Waals surface area contributed by atoms with Gasteiger partial charge in [-0.25, -0.2) is 9.97 Å². The molecule has 17 heavy (non-hydrogen) atoms. The largest absolute Gasteiger partial charge is 0.383 e. The van der Waals surface area contributed by atoms with Crippen molar-refractivity contribution in [2.24, 2.45) is 5.92 Å². The lowest BCUT2D eigenvalue weighted by Gasteiger charge is -2.37. The zero-order valence-corrected chi connectivity index (χ0v) is 11.6. The van der Waals surface area contributed by atoms with Crippen LogP contribution in [0.3, 0.4) is 0 Å². The van der Waals surface area contributed by atoms with Crippen molar-refractivity contribution in [1.29, 1.82) is 0 Å². The molecule has 5 nitrogen and oxygen atoms in total. The average Bonchev–Trinajstić information content (AvgIpc) is 2.34. The van der Waals surface area contributed by atoms with Crippen LogP contribution in [0.5, 0.6) is 0 Å². The average molecular weight is 301 g/mol. The predicted molar refractivity (Wildman–Crippen MR) is 70.9 cm³/mol. The molecule has 2 unspecified atom stereocenters. The summed E-state index contributed by atoms with van der Waals surface area (Å²) < 4.78 is 6.26. The van der Waals surface area contributed by atoms with E-state index in [0.29, 0.717) is 11.7 Å². The van der Waals surface area contributed by atoms with Crippen molar-refractivity contribution in [1.82, 2.24) is 9.97 Å². The first-order valence-corrected chi connectivity index (χ1v) is 6.46. The molecule has 2 atom stereocenters. The molecule has 0 saturated carbocycles. The van der Waals surface area contributed by atoms with Crippen LogP contribution in [0.1, 0.15) is 13.3 Å². The highest BCUT2D eigenvalue weighted by Crippen LogP contribution is 2.31. The Morgan fingerprint density at radius 1 is 1.53 bits per heavy atom. The van der Waals surface area contributed by atoms with Crippen LogP contribution < -0.4 is 10.6 Å². The van der Waals surface area contributed by atoms with Crippen LogP contribution in [-0.2, 0) is 4.74 Å². The van der Waals surface area contributed by atoms with E-state index >= 15 is 0 Å². The highest BCUT2D eigenvalue weighted by Gasteiger charge is 2.28. The Morgan fingerprint density at radius 3 is 3.00 bits per heavy atom. The molecule has 0 spiro atoms. The Bertz CT molecular complexity index is 401. The van der Waals surface area contributed by atoms with Gasteiger partial charge in [0.1, 0.15) is 22.4 Å². The van der Waals surface area contributed by atoms with Crippen LogP contribution in [0.2, 0.25) is 0 Å². The van der Waals surface area contributed by atoms with Gasteiger partial charge in [-0.2, -0.15) is 0 Å². The summed E-state index contributed by atoms with van der Waals surface area (Å²) in [6.07, 6.45) is 2.83. The fourth-order valence-corrected chi connectivity index (χ4v) is 2.58. The minimum Gasteiger partial charge on any atom is -0.383 e. The Labute approximate surface area is 110 Å². The quantitative estimate of drug-likeness (QED) is 0.900. The molecule has 2 heterocycles. The number of nitrogen functional groups attached to an aromatic ring is 1. The lowest BCUT2D eigenvalue weighted by Crippen LogP contribution is -2.44. The Morgan fingerprint density at radius 2 is 2.29 bits per heavy atom. The molecule has 0 bridgehead atoms. The van der Waals surface area contributed by atoms with E-state index in [2.05, 4.69) is 37.7 Å². The van der Waals surface area contributed by atoms with Gasteiger partial charge in [-0.05, 0) is 28.3 Å². The fourth-order valence-electron chi connectivity index (χ4n) is 2.13. The van der Waals surface area contributed by atoms with Crippen molar-refractivity contribution in [3.8, 4) is 0 Å². The maximum atomic E-state index is 5.77. The summed E-state index contributed by atoms with van der Waals surface area (Å²) in [5.41, 5.74) is 5.77. The van der Waals surface area contributed by atoms with Crippen LogP contribution in [0.25, 0.3) is 0 Å². The minimum atomic E-state index is 0.242. The molecule has 1 aromatic heterocycles. The lowest BCUT2D eigenvalue weighted by atomic mass is 9.96. The molecule has 2 rings (SSSR count). The number of nitrogens with two attached hydrogens (primary N) is 1. The van der Waals surface area contributed by atoms with Crippen molar-refractivity contribution in [3.05, 3.63) is 10.8 Å². The fraction of sp³-hybridized carbons (Fsp3) is 0.636. The van der Waals surface area contributed by atoms with Crippen LogP contribution in [-0.4, -0.2) is 36.3 Å². The Balaban J connectivity index is 2.20. The van der Waals surface area contributed by atoms with Gasteiger partial charge in [0.15, 0.2) is 0 Å². The maximum Gasteiger partial charge on any atom is 0.148 e. The molecule has 0 radical (unpaired) electrons. The molecule has 1 aromatic rings. The van der Waals surface area contributed by atoms with E-state index in [1.165, 1.54) is 6.33 Å². The minimum absolute atomic E-state index is 0.242. The van der Waals surface area contributed by atoms with Crippen LogP contribution in [0.15, 0.2) is 10.8 Å². The molecule has 1 aliphatic heterocycles. The number of nitrogens with zero attached hydrogens (tertiary/aromatic N) is 3. The van der Waals surface area contributed by atoms with Gasteiger partial charge < -0.3 is 15.4 Å². The maximum absolute atomic E-state index is 5.77. The number of hydrogen-bond acceptors (Lipinski definition) is 5. The van der Waals surface area contributed by atoms with Gasteiger partial charge in [-0.15, -0.1) is 0 Å². The van der Waals surface area contributed by atoms with E-state index in [-0.39, 0.29) is 6.10 Å². The van der Waals surface area contributed by atoms with Gasteiger partial charge in [0.05, 0.1) is 6.10 Å². The molecule has 94 valence electrons. The highest BCUT2D eigenvalue weighted by atomic mass is 79.9. The van der Waals surface area contributed by atoms with Gasteiger partial charge in [0.25, 0.3) is 0 Å². The van der Waals surface area contributed by atoms with Crippen LogP contribution in [0.4, 0.5) is 11.6 Å². The molecule has 2 N–H and O–H groups in total. The smallest absolute Gasteiger partial charge is 0.148 e. The summed E-state index contributed by atoms with van der Waals surface area (Å²) >= 11 is 3.44. The second kappa shape index (κ2) is 5.18. The molecule has 1 aliphatic rings. The monoisotopic (exact) mass is 300 g/mol. The molecule has 0 amide bonds. The van der Waals surface area contributed by atoms with E-state index in [9.17, 15) is 0 Å². The van der Waals surface area contributed by atoms with Crippen molar-refractivity contribution in [2.75, 3.05) is 30.8 Å². The molecule has 1 saturated heterocycles. The molecule has 0 aromatic carbocycles. The zero-order chi connectivity index (χ0) is 12.4. The van der Waals surface area contributed by atoms with Crippen LogP contribution >= 0.6 is 15.9 Å². The normalized spacial score (nSPS) is 25.0. The van der Waals surface area contributed by atoms with E-state index in [1.807, 2.05) is 0 Å². The molecule has 1 fully saturated rings. The van der Waals surface area contributed by atoms with Crippen molar-refractivity contribution in [2.45, 2.75) is 19.4 Å². The summed E-state index contributed by atoms with van der Waals surface area (Å²) in [5.74, 6) is 1.91. The van der Waals surface area contributed by atoms with Crippen molar-refractivity contribution in [3.63, 3.8) is 0 Å². The number of hydrogen-bond donors (Lipinski definition) is 1. The van der Waals surface area contributed by atoms with E-state index in [1.54, 1.807) is 7.11 Å². The summed E-state index contributed by atoms with van der Waals surface area (Å²) in [7, 11) is 1.76. The zero-order valence-electron chi connectivity index (χ0n) is 10.1. The number of rotatable bonds is 2. The number of ether oxygens (including phenoxy) is 1. The number of anilines is 2. The second-order valence-electron chi connectivity index (χ2n) is 4.38. The molecular weight excluding hydrogens is 284 g/mol. The number of aromatic nitrogens is 2. The summed E-state index contributed by atoms with van der Waals surface area (Å²) in [5, 5.41) is 0. The van der Waals surface area contributed by atoms with Gasteiger partial charge in [0, 0.05) is 20.2 Å². The first kappa shape index (κ1) is 12.6. The third kappa shape index (κ3) is 2.52. The molecule has 6 heteroatoms. The third-order valence-corrected chi connectivity index (χ3v) is 4.05. The van der Waals surface area contributed by atoms with E-state index in [0.717, 1.165) is 29.8 Å². The van der Waals surface area contributed by atoms with Gasteiger partial charge in [0.2, 0.25) is 0 Å². The topological polar surface area (TPSA) is 64.3 Å². The van der Waals surface area contributed by atoms with Crippen molar-refractivity contribution >= 4 is 27.6 Å². The predicted octanol–water partition coefficient (Wildman–Crippen LogP) is 1.68. The van der Waals surface area contributed by atoms with E-state index in [4.69, 9.17) is 10.5 Å². The molecule has 0 aliphatic carbocycles. The van der Waals surface area contributed by atoms with Crippen LogP contribution in [0, 0.1) is 5.92 Å².